The molecule has 0 bridgehead atoms. The molecule has 2 nitrogen and oxygen atoms in total. The molecule has 0 radical (unpaired) electrons. The third kappa shape index (κ3) is 7.68. The molecule has 0 heterocycles. The Labute approximate surface area is 197 Å². The van der Waals surface area contributed by atoms with Gasteiger partial charge in [-0.05, 0) is 0 Å². The van der Waals surface area contributed by atoms with Gasteiger partial charge in [0.1, 0.15) is 0 Å². The molecule has 0 N–H and O–H groups in total. The van der Waals surface area contributed by atoms with Crippen molar-refractivity contribution in [2.75, 3.05) is 0 Å². The first kappa shape index (κ1) is 30.9. The Morgan fingerprint density at radius 3 is 1.88 bits per heavy atom. The molecule has 0 aromatic heterocycles. The molecule has 1 rings (SSSR count). The summed E-state index contributed by atoms with van der Waals surface area (Å²) >= 11 is -2.71. The molecule has 1 atom stereocenters. The number of alkyl halides is 9. The van der Waals surface area contributed by atoms with Crippen molar-refractivity contribution < 1.29 is 49.0 Å². The van der Waals surface area contributed by atoms with E-state index in [2.05, 4.69) is 0 Å². The van der Waals surface area contributed by atoms with Crippen LogP contribution in [0.3, 0.4) is 0 Å². The van der Waals surface area contributed by atoms with Crippen molar-refractivity contribution in [3.63, 3.8) is 0 Å². The van der Waals surface area contributed by atoms with Gasteiger partial charge < -0.3 is 0 Å². The summed E-state index contributed by atoms with van der Waals surface area (Å²) in [6.07, 6.45) is -8.96. The Bertz CT molecular complexity index is 853. The van der Waals surface area contributed by atoms with Crippen molar-refractivity contribution >= 4 is 24.3 Å². The van der Waals surface area contributed by atoms with Crippen molar-refractivity contribution in [3.05, 3.63) is 35.4 Å². The number of ether oxygens (including phenoxy) is 1. The molecule has 0 amide bonds. The van der Waals surface area contributed by atoms with E-state index < -0.39 is 66.2 Å². The van der Waals surface area contributed by atoms with Crippen LogP contribution in [-0.4, -0.2) is 53.9 Å². The maximum absolute atomic E-state index is 14.5. The minimum absolute atomic E-state index is 0.0512. The summed E-state index contributed by atoms with van der Waals surface area (Å²) in [5.41, 5.74) is -1.04. The van der Waals surface area contributed by atoms with E-state index in [0.717, 1.165) is 6.07 Å². The maximum atomic E-state index is 14.5. The Morgan fingerprint density at radius 1 is 0.912 bits per heavy atom. The van der Waals surface area contributed by atoms with Crippen LogP contribution in [0.4, 0.5) is 39.5 Å². The van der Waals surface area contributed by atoms with Gasteiger partial charge in [0.2, 0.25) is 0 Å². The monoisotopic (exact) mass is 616 g/mol. The summed E-state index contributed by atoms with van der Waals surface area (Å²) in [5.74, 6) is -21.6. The fraction of sp³-hybridized carbons (Fsp3) is 0.682. The van der Waals surface area contributed by atoms with Crippen LogP contribution in [0.5, 0.6) is 0 Å². The topological polar surface area (TPSA) is 26.3 Å². The second-order valence-corrected chi connectivity index (χ2v) is 26.5. The van der Waals surface area contributed by atoms with Gasteiger partial charge >= 0.3 is 197 Å². The fourth-order valence-corrected chi connectivity index (χ4v) is 6.56. The number of carbonyl (C=O) groups excluding carboxylic acids is 1. The first-order chi connectivity index (χ1) is 14.9. The Morgan fingerprint density at radius 2 is 1.44 bits per heavy atom. The summed E-state index contributed by atoms with van der Waals surface area (Å²) in [5, 5.41) is 0. The summed E-state index contributed by atoms with van der Waals surface area (Å²) in [6, 6.07) is 4.94. The van der Waals surface area contributed by atoms with Crippen molar-refractivity contribution in [2.45, 2.75) is 88.3 Å². The molecular weight excluding hydrogens is 586 g/mol. The van der Waals surface area contributed by atoms with Gasteiger partial charge in [-0.2, -0.15) is 0 Å². The number of benzene rings is 1. The number of hydrogen-bond acceptors (Lipinski definition) is 2. The van der Waals surface area contributed by atoms with E-state index in [-0.39, 0.29) is 17.5 Å². The number of halogens is 9. The quantitative estimate of drug-likeness (QED) is 0.159. The molecular formula is C22H29F9O2Sn. The molecule has 34 heavy (non-hydrogen) atoms. The number of carbonyl (C=O) groups is 1. The van der Waals surface area contributed by atoms with Crippen LogP contribution in [0.2, 0.25) is 19.3 Å². The summed E-state index contributed by atoms with van der Waals surface area (Å²) < 4.78 is 127. The van der Waals surface area contributed by atoms with Crippen LogP contribution < -0.4 is 0 Å². The van der Waals surface area contributed by atoms with E-state index >= 15 is 0 Å². The molecule has 196 valence electrons. The van der Waals surface area contributed by atoms with Gasteiger partial charge in [0.05, 0.1) is 0 Å². The summed E-state index contributed by atoms with van der Waals surface area (Å²) in [7, 11) is 0. The fourth-order valence-electron chi connectivity index (χ4n) is 3.10. The van der Waals surface area contributed by atoms with Crippen LogP contribution in [0.15, 0.2) is 24.3 Å². The zero-order chi connectivity index (χ0) is 27.0. The van der Waals surface area contributed by atoms with E-state index in [1.165, 1.54) is 18.2 Å². The van der Waals surface area contributed by atoms with Crippen molar-refractivity contribution in [1.82, 2.24) is 0 Å². The van der Waals surface area contributed by atoms with Gasteiger partial charge in [0.25, 0.3) is 0 Å². The van der Waals surface area contributed by atoms with E-state index in [9.17, 15) is 44.3 Å². The average Bonchev–Trinajstić information content (AvgIpc) is 2.61. The number of rotatable bonds is 9. The second kappa shape index (κ2) is 10.1. The molecule has 0 spiro atoms. The third-order valence-electron chi connectivity index (χ3n) is 4.95. The van der Waals surface area contributed by atoms with Crippen molar-refractivity contribution in [3.8, 4) is 0 Å². The van der Waals surface area contributed by atoms with Crippen LogP contribution in [0, 0.1) is 0 Å². The minimum atomic E-state index is -6.93. The summed E-state index contributed by atoms with van der Waals surface area (Å²) in [4.78, 5) is 18.1. The Hall–Kier alpha value is -1.14. The molecule has 0 aliphatic rings. The van der Waals surface area contributed by atoms with Crippen LogP contribution in [0.1, 0.15) is 55.5 Å². The Balaban J connectivity index is 3.42. The van der Waals surface area contributed by atoms with Gasteiger partial charge in [0.15, 0.2) is 0 Å². The van der Waals surface area contributed by atoms with Gasteiger partial charge in [-0.15, -0.1) is 0 Å². The van der Waals surface area contributed by atoms with Gasteiger partial charge in [-0.1, -0.05) is 0 Å². The zero-order valence-corrected chi connectivity index (χ0v) is 22.6. The second-order valence-electron chi connectivity index (χ2n) is 10.5. The van der Waals surface area contributed by atoms with E-state index in [4.69, 9.17) is 4.74 Å². The predicted octanol–water partition coefficient (Wildman–Crippen LogP) is 8.31. The average molecular weight is 615 g/mol. The van der Waals surface area contributed by atoms with Crippen molar-refractivity contribution in [1.29, 1.82) is 0 Å². The molecule has 0 aliphatic carbocycles. The van der Waals surface area contributed by atoms with E-state index in [1.54, 1.807) is 20.8 Å². The predicted molar refractivity (Wildman–Crippen MR) is 113 cm³/mol. The van der Waals surface area contributed by atoms with Crippen molar-refractivity contribution in [2.24, 2.45) is 0 Å². The van der Waals surface area contributed by atoms with Crippen LogP contribution >= 0.6 is 0 Å². The third-order valence-corrected chi connectivity index (χ3v) is 10.1. The number of esters is 1. The Kier molecular flexibility index (Phi) is 9.16. The number of hydrogen-bond donors (Lipinski definition) is 0. The molecule has 0 fully saturated rings. The zero-order valence-electron chi connectivity index (χ0n) is 19.7. The standard InChI is InChI=1S/C19H20F9O2.3CH3.Sn/c1-5-11(10-16(20,21)17(22,23)18(24,25)19(26,27)28)12-7-6-8-13(9-12)14(29)30-15(2,3)4;;;;/h6-9,11H,1,5,10H2,2-4H3;3*1H3;. The van der Waals surface area contributed by atoms with Gasteiger partial charge in [-0.3, -0.25) is 0 Å². The normalized spacial score (nSPS) is 15.3. The van der Waals surface area contributed by atoms with Gasteiger partial charge in [-0.25, -0.2) is 0 Å². The molecule has 1 aromatic rings. The molecule has 0 saturated heterocycles. The van der Waals surface area contributed by atoms with E-state index in [0.29, 0.717) is 4.44 Å². The molecule has 12 heteroatoms. The van der Waals surface area contributed by atoms with Crippen LogP contribution in [0.25, 0.3) is 0 Å². The summed E-state index contributed by atoms with van der Waals surface area (Å²) in [6.45, 7) is 4.74. The van der Waals surface area contributed by atoms with Crippen LogP contribution in [-0.2, 0) is 4.74 Å². The molecule has 0 saturated carbocycles. The SMILES string of the molecule is CC(C)(C)OC(=O)c1cccc(C(C[CH2][Sn]([CH3])([CH3])[CH3])CC(F)(F)C(F)(F)C(F)(F)C(F)(F)F)c1. The molecule has 1 aromatic carbocycles. The van der Waals surface area contributed by atoms with Gasteiger partial charge in [0, 0.05) is 0 Å². The van der Waals surface area contributed by atoms with E-state index in [1.807, 2.05) is 14.8 Å². The molecule has 1 unspecified atom stereocenters. The molecule has 0 aliphatic heterocycles. The first-order valence-corrected chi connectivity index (χ1v) is 21.0. The first-order valence-electron chi connectivity index (χ1n) is 10.4.